The van der Waals surface area contributed by atoms with Gasteiger partial charge in [-0.15, -0.1) is 0 Å². The summed E-state index contributed by atoms with van der Waals surface area (Å²) in [5, 5.41) is 8.32. The Kier molecular flexibility index (Phi) is 13.1. The van der Waals surface area contributed by atoms with Crippen molar-refractivity contribution in [3.63, 3.8) is 0 Å². The monoisotopic (exact) mass is 322 g/mol. The van der Waals surface area contributed by atoms with Crippen LogP contribution in [0.4, 0.5) is 0 Å². The molecule has 0 radical (unpaired) electrons. The van der Waals surface area contributed by atoms with Gasteiger partial charge in [0.05, 0.1) is 6.10 Å². The lowest BCUT2D eigenvalue weighted by molar-refractivity contribution is -0.337. The fourth-order valence-corrected chi connectivity index (χ4v) is 1.33. The van der Waals surface area contributed by atoms with E-state index in [1.165, 1.54) is 0 Å². The molecule has 0 heterocycles. The number of hydrogen-bond donors (Lipinski definition) is 1. The van der Waals surface area contributed by atoms with Crippen molar-refractivity contribution in [2.75, 3.05) is 26.6 Å². The van der Waals surface area contributed by atoms with E-state index in [1.54, 1.807) is 6.92 Å². The molecule has 0 aliphatic carbocycles. The molecule has 0 amide bonds. The molecule has 1 N–H and O–H groups in total. The van der Waals surface area contributed by atoms with Crippen LogP contribution in [-0.4, -0.2) is 56.2 Å². The summed E-state index contributed by atoms with van der Waals surface area (Å²) in [5.74, 6) is -1.68. The molecule has 0 aromatic rings. The van der Waals surface area contributed by atoms with Crippen LogP contribution in [0, 0.1) is 0 Å². The number of carbonyl (C=O) groups excluding carboxylic acids is 2. The zero-order chi connectivity index (χ0) is 16.6. The van der Waals surface area contributed by atoms with E-state index in [4.69, 9.17) is 14.7 Å². The lowest BCUT2D eigenvalue weighted by Gasteiger charge is -2.12. The lowest BCUT2D eigenvalue weighted by Crippen LogP contribution is -2.17. The first-order valence-corrected chi connectivity index (χ1v) is 6.85. The van der Waals surface area contributed by atoms with Crippen LogP contribution in [0.15, 0.2) is 0 Å². The average Bonchev–Trinajstić information content (AvgIpc) is 2.48. The van der Waals surface area contributed by atoms with Gasteiger partial charge in [-0.1, -0.05) is 6.42 Å². The van der Waals surface area contributed by atoms with Gasteiger partial charge >= 0.3 is 11.9 Å². The van der Waals surface area contributed by atoms with Crippen molar-refractivity contribution in [3.05, 3.63) is 0 Å². The van der Waals surface area contributed by atoms with E-state index in [-0.39, 0.29) is 32.4 Å². The number of hydrogen-bond acceptors (Lipinski definition) is 8. The maximum absolute atomic E-state index is 11.1. The molecule has 1 atom stereocenters. The Morgan fingerprint density at radius 3 is 2.64 bits per heavy atom. The molecule has 0 aliphatic rings. The Balaban J connectivity index is 3.32. The molecule has 9 nitrogen and oxygen atoms in total. The van der Waals surface area contributed by atoms with Crippen LogP contribution in [0.5, 0.6) is 0 Å². The van der Waals surface area contributed by atoms with Gasteiger partial charge in [0, 0.05) is 13.0 Å². The van der Waals surface area contributed by atoms with Crippen LogP contribution < -0.4 is 0 Å². The maximum atomic E-state index is 11.1. The first-order valence-electron chi connectivity index (χ1n) is 6.85. The quantitative estimate of drug-likeness (QED) is 0.116. The number of rotatable bonds is 15. The second-order valence-corrected chi connectivity index (χ2v) is 4.33. The molecule has 0 aromatic carbocycles. The van der Waals surface area contributed by atoms with E-state index in [0.717, 1.165) is 12.8 Å². The number of esters is 1. The van der Waals surface area contributed by atoms with Gasteiger partial charge in [0.25, 0.3) is 6.47 Å². The minimum Gasteiger partial charge on any atom is -0.479 e. The fourth-order valence-electron chi connectivity index (χ4n) is 1.33. The summed E-state index contributed by atoms with van der Waals surface area (Å²) < 4.78 is 14.2. The van der Waals surface area contributed by atoms with E-state index in [9.17, 15) is 14.4 Å². The number of aliphatic carboxylic acids is 1. The molecular formula is C13H22O9. The predicted octanol–water partition coefficient (Wildman–Crippen LogP) is 0.658. The molecule has 0 fully saturated rings. The highest BCUT2D eigenvalue weighted by Gasteiger charge is 2.06. The summed E-state index contributed by atoms with van der Waals surface area (Å²) >= 11 is 0. The van der Waals surface area contributed by atoms with Gasteiger partial charge in [-0.2, -0.15) is 4.89 Å². The van der Waals surface area contributed by atoms with Gasteiger partial charge in [-0.05, 0) is 19.8 Å². The molecule has 0 saturated carbocycles. The lowest BCUT2D eigenvalue weighted by atomic mass is 10.2. The average molecular weight is 322 g/mol. The molecule has 128 valence electrons. The van der Waals surface area contributed by atoms with Gasteiger partial charge in [0.15, 0.2) is 6.61 Å². The molecular weight excluding hydrogens is 300 g/mol. The SMILES string of the molecule is CC(COOCOC=O)OCCCCCC(=O)OCC(=O)O. The van der Waals surface area contributed by atoms with Crippen molar-refractivity contribution in [1.29, 1.82) is 0 Å². The van der Waals surface area contributed by atoms with Crippen LogP contribution in [-0.2, 0) is 38.4 Å². The Morgan fingerprint density at radius 1 is 1.18 bits per heavy atom. The van der Waals surface area contributed by atoms with E-state index in [2.05, 4.69) is 14.4 Å². The first-order chi connectivity index (χ1) is 10.6. The zero-order valence-corrected chi connectivity index (χ0v) is 12.5. The van der Waals surface area contributed by atoms with E-state index < -0.39 is 18.5 Å². The van der Waals surface area contributed by atoms with Gasteiger partial charge in [0.2, 0.25) is 6.79 Å². The third-order valence-corrected chi connectivity index (χ3v) is 2.35. The van der Waals surface area contributed by atoms with Crippen molar-refractivity contribution in [1.82, 2.24) is 0 Å². The molecule has 0 rings (SSSR count). The van der Waals surface area contributed by atoms with Crippen molar-refractivity contribution in [2.45, 2.75) is 38.7 Å². The fraction of sp³-hybridized carbons (Fsp3) is 0.769. The minimum atomic E-state index is -1.17. The summed E-state index contributed by atoms with van der Waals surface area (Å²) in [4.78, 5) is 40.3. The van der Waals surface area contributed by atoms with Crippen LogP contribution >= 0.6 is 0 Å². The normalized spacial score (nSPS) is 11.7. The standard InChI is InChI=1S/C13H22O9/c1-11(7-21-22-10-18-9-14)19-6-4-2-3-5-13(17)20-8-12(15)16/h9,11H,2-8,10H2,1H3,(H,15,16). The molecule has 0 bridgehead atoms. The van der Waals surface area contributed by atoms with Crippen LogP contribution in [0.1, 0.15) is 32.6 Å². The Hall–Kier alpha value is -1.71. The van der Waals surface area contributed by atoms with Crippen molar-refractivity contribution < 1.29 is 43.5 Å². The third kappa shape index (κ3) is 14.7. The summed E-state index contributed by atoms with van der Waals surface area (Å²) in [6.07, 6.45) is 2.14. The first kappa shape index (κ1) is 20.3. The summed E-state index contributed by atoms with van der Waals surface area (Å²) in [6, 6.07) is 0. The highest BCUT2D eigenvalue weighted by atomic mass is 17.2. The molecule has 0 saturated heterocycles. The van der Waals surface area contributed by atoms with Crippen molar-refractivity contribution >= 4 is 18.4 Å². The molecule has 0 aromatic heterocycles. The van der Waals surface area contributed by atoms with E-state index in [0.29, 0.717) is 13.0 Å². The Bertz CT molecular complexity index is 319. The Morgan fingerprint density at radius 2 is 1.95 bits per heavy atom. The highest BCUT2D eigenvalue weighted by Crippen LogP contribution is 2.03. The summed E-state index contributed by atoms with van der Waals surface area (Å²) in [5.41, 5.74) is 0. The smallest absolute Gasteiger partial charge is 0.341 e. The van der Waals surface area contributed by atoms with Crippen LogP contribution in [0.3, 0.4) is 0 Å². The molecule has 0 aliphatic heterocycles. The topological polar surface area (TPSA) is 118 Å². The largest absolute Gasteiger partial charge is 0.479 e. The van der Waals surface area contributed by atoms with Gasteiger partial charge in [-0.25, -0.2) is 9.68 Å². The van der Waals surface area contributed by atoms with Gasteiger partial charge in [-0.3, -0.25) is 9.59 Å². The number of unbranched alkanes of at least 4 members (excludes halogenated alkanes) is 2. The number of ether oxygens (including phenoxy) is 3. The molecule has 0 spiro atoms. The predicted molar refractivity (Wildman–Crippen MR) is 71.5 cm³/mol. The van der Waals surface area contributed by atoms with Crippen LogP contribution in [0.2, 0.25) is 0 Å². The van der Waals surface area contributed by atoms with E-state index in [1.807, 2.05) is 0 Å². The molecule has 22 heavy (non-hydrogen) atoms. The summed E-state index contributed by atoms with van der Waals surface area (Å²) in [7, 11) is 0. The van der Waals surface area contributed by atoms with E-state index >= 15 is 0 Å². The second-order valence-electron chi connectivity index (χ2n) is 4.33. The second kappa shape index (κ2) is 14.2. The van der Waals surface area contributed by atoms with Crippen molar-refractivity contribution in [3.8, 4) is 0 Å². The number of carbonyl (C=O) groups is 3. The highest BCUT2D eigenvalue weighted by molar-refractivity contribution is 5.75. The number of carboxylic acids is 1. The zero-order valence-electron chi connectivity index (χ0n) is 12.5. The Labute approximate surface area is 128 Å². The minimum absolute atomic E-state index is 0.184. The third-order valence-electron chi connectivity index (χ3n) is 2.35. The van der Waals surface area contributed by atoms with Crippen LogP contribution in [0.25, 0.3) is 0 Å². The van der Waals surface area contributed by atoms with Gasteiger partial charge < -0.3 is 19.3 Å². The van der Waals surface area contributed by atoms with Crippen molar-refractivity contribution in [2.24, 2.45) is 0 Å². The molecule has 9 heteroatoms. The molecule has 1 unspecified atom stereocenters. The number of carboxylic acid groups (broad SMARTS) is 1. The summed E-state index contributed by atoms with van der Waals surface area (Å²) in [6.45, 7) is 1.88. The van der Waals surface area contributed by atoms with Gasteiger partial charge in [0.1, 0.15) is 6.61 Å². The maximum Gasteiger partial charge on any atom is 0.341 e.